The Hall–Kier alpha value is 0.150. The van der Waals surface area contributed by atoms with Gasteiger partial charge in [-0.25, -0.2) is 0 Å². The monoisotopic (exact) mass is 361 g/mol. The molecule has 0 aliphatic rings. The molecule has 0 bridgehead atoms. The van der Waals surface area contributed by atoms with E-state index in [1.54, 1.807) is 20.8 Å². The van der Waals surface area contributed by atoms with E-state index in [1.165, 1.54) is 51.4 Å². The summed E-state index contributed by atoms with van der Waals surface area (Å²) >= 11 is 0. The van der Waals surface area contributed by atoms with Crippen molar-refractivity contribution in [2.75, 3.05) is 6.16 Å². The predicted octanol–water partition coefficient (Wildman–Crippen LogP) is 6.69. The van der Waals surface area contributed by atoms with Crippen LogP contribution in [0.4, 0.5) is 0 Å². The van der Waals surface area contributed by atoms with Gasteiger partial charge in [0.15, 0.2) is 0 Å². The normalized spacial score (nSPS) is 15.5. The van der Waals surface area contributed by atoms with Gasteiger partial charge >= 0.3 is 0 Å². The summed E-state index contributed by atoms with van der Waals surface area (Å²) in [6, 6.07) is 0. The summed E-state index contributed by atoms with van der Waals surface area (Å²) in [4.78, 5) is 11.8. The first-order valence-corrected chi connectivity index (χ1v) is 11.6. The SMILES string of the molecule is CC(C)(C)CCCCCCCCCCCCP(=O)([O-])OC(C)(C)C. The molecule has 0 rings (SSSR count). The zero-order chi connectivity index (χ0) is 18.7. The zero-order valence-electron chi connectivity index (χ0n) is 17.2. The highest BCUT2D eigenvalue weighted by Crippen LogP contribution is 2.42. The van der Waals surface area contributed by atoms with Gasteiger partial charge in [-0.1, -0.05) is 78.6 Å². The highest BCUT2D eigenvalue weighted by molar-refractivity contribution is 7.51. The molecule has 4 heteroatoms. The van der Waals surface area contributed by atoms with E-state index < -0.39 is 13.2 Å². The molecular formula is C20H42O3P-. The molecule has 0 N–H and O–H groups in total. The Morgan fingerprint density at radius 1 is 0.708 bits per heavy atom. The molecule has 0 aromatic carbocycles. The van der Waals surface area contributed by atoms with Crippen molar-refractivity contribution in [3.05, 3.63) is 0 Å². The molecule has 0 saturated heterocycles. The first-order valence-electron chi connectivity index (χ1n) is 9.92. The third-order valence-electron chi connectivity index (χ3n) is 4.02. The lowest BCUT2D eigenvalue weighted by molar-refractivity contribution is -0.206. The second-order valence-corrected chi connectivity index (χ2v) is 11.2. The largest absolute Gasteiger partial charge is 0.778 e. The fourth-order valence-corrected chi connectivity index (χ4v) is 4.37. The van der Waals surface area contributed by atoms with Gasteiger partial charge in [-0.15, -0.1) is 0 Å². The molecule has 0 aromatic rings. The fraction of sp³-hybridized carbons (Fsp3) is 1.00. The molecule has 3 nitrogen and oxygen atoms in total. The smallest absolute Gasteiger partial charge is 0.135 e. The van der Waals surface area contributed by atoms with Gasteiger partial charge in [-0.05, 0) is 39.0 Å². The van der Waals surface area contributed by atoms with Gasteiger partial charge in [-0.3, -0.25) is 0 Å². The third-order valence-corrected chi connectivity index (χ3v) is 5.71. The molecule has 1 unspecified atom stereocenters. The van der Waals surface area contributed by atoms with Gasteiger partial charge in [0.05, 0.1) is 5.60 Å². The Morgan fingerprint density at radius 3 is 1.46 bits per heavy atom. The summed E-state index contributed by atoms with van der Waals surface area (Å²) in [5, 5.41) is 0. The van der Waals surface area contributed by atoms with E-state index in [0.29, 0.717) is 5.41 Å². The summed E-state index contributed by atoms with van der Waals surface area (Å²) in [6.45, 7) is 12.3. The summed E-state index contributed by atoms with van der Waals surface area (Å²) in [7, 11) is -3.65. The van der Waals surface area contributed by atoms with Gasteiger partial charge in [0, 0.05) is 6.16 Å². The third kappa shape index (κ3) is 18.5. The highest BCUT2D eigenvalue weighted by atomic mass is 31.2. The molecular weight excluding hydrogens is 319 g/mol. The highest BCUT2D eigenvalue weighted by Gasteiger charge is 2.18. The van der Waals surface area contributed by atoms with Crippen LogP contribution in [0.3, 0.4) is 0 Å². The van der Waals surface area contributed by atoms with Crippen molar-refractivity contribution in [3.63, 3.8) is 0 Å². The van der Waals surface area contributed by atoms with Crippen LogP contribution in [0.2, 0.25) is 0 Å². The molecule has 0 saturated carbocycles. The molecule has 0 fully saturated rings. The van der Waals surface area contributed by atoms with E-state index in [-0.39, 0.29) is 6.16 Å². The average Bonchev–Trinajstić information content (AvgIpc) is 2.35. The van der Waals surface area contributed by atoms with Crippen LogP contribution in [0.1, 0.15) is 112 Å². The van der Waals surface area contributed by atoms with Crippen molar-refractivity contribution in [2.24, 2.45) is 5.41 Å². The molecule has 146 valence electrons. The Bertz CT molecular complexity index is 353. The Kier molecular flexibility index (Phi) is 11.8. The molecule has 0 aromatic heterocycles. The van der Waals surface area contributed by atoms with Gasteiger partial charge in [0.2, 0.25) is 0 Å². The topological polar surface area (TPSA) is 49.4 Å². The van der Waals surface area contributed by atoms with Crippen LogP contribution in [0.15, 0.2) is 0 Å². The predicted molar refractivity (Wildman–Crippen MR) is 104 cm³/mol. The van der Waals surface area contributed by atoms with Crippen molar-refractivity contribution >= 4 is 7.60 Å². The lowest BCUT2D eigenvalue weighted by atomic mass is 9.89. The number of hydrogen-bond acceptors (Lipinski definition) is 3. The van der Waals surface area contributed by atoms with Gasteiger partial charge in [0.1, 0.15) is 7.60 Å². The number of hydrogen-bond donors (Lipinski definition) is 0. The minimum Gasteiger partial charge on any atom is -0.778 e. The molecule has 24 heavy (non-hydrogen) atoms. The summed E-state index contributed by atoms with van der Waals surface area (Å²) in [6.07, 6.45) is 13.6. The second kappa shape index (κ2) is 11.7. The van der Waals surface area contributed by atoms with E-state index in [1.807, 2.05) is 0 Å². The Balaban J connectivity index is 3.39. The van der Waals surface area contributed by atoms with E-state index in [0.717, 1.165) is 19.3 Å². The first-order chi connectivity index (χ1) is 10.9. The van der Waals surface area contributed by atoms with Gasteiger partial charge in [0.25, 0.3) is 0 Å². The fourth-order valence-electron chi connectivity index (χ4n) is 2.84. The maximum absolute atomic E-state index is 11.8. The van der Waals surface area contributed by atoms with E-state index >= 15 is 0 Å². The van der Waals surface area contributed by atoms with Crippen molar-refractivity contribution in [3.8, 4) is 0 Å². The summed E-state index contributed by atoms with van der Waals surface area (Å²) in [5.41, 5.74) is -0.129. The van der Waals surface area contributed by atoms with E-state index in [4.69, 9.17) is 4.52 Å². The second-order valence-electron chi connectivity index (χ2n) is 9.38. The van der Waals surface area contributed by atoms with Crippen LogP contribution in [0.25, 0.3) is 0 Å². The maximum atomic E-state index is 11.8. The number of rotatable bonds is 13. The minimum absolute atomic E-state index is 0.179. The lowest BCUT2D eigenvalue weighted by Crippen LogP contribution is -2.22. The van der Waals surface area contributed by atoms with Crippen LogP contribution >= 0.6 is 7.60 Å². The molecule has 0 heterocycles. The van der Waals surface area contributed by atoms with Crippen LogP contribution in [0, 0.1) is 5.41 Å². The molecule has 0 aliphatic heterocycles. The Morgan fingerprint density at radius 2 is 1.08 bits per heavy atom. The summed E-state index contributed by atoms with van der Waals surface area (Å²) < 4.78 is 16.9. The molecule has 1 atom stereocenters. The molecule has 0 aliphatic carbocycles. The van der Waals surface area contributed by atoms with Crippen molar-refractivity contribution in [1.29, 1.82) is 0 Å². The van der Waals surface area contributed by atoms with Crippen LogP contribution < -0.4 is 4.89 Å². The Labute approximate surface area is 151 Å². The molecule has 0 radical (unpaired) electrons. The zero-order valence-corrected chi connectivity index (χ0v) is 18.1. The number of unbranched alkanes of at least 4 members (excludes halogenated alkanes) is 9. The van der Waals surface area contributed by atoms with Crippen molar-refractivity contribution < 1.29 is 14.0 Å². The van der Waals surface area contributed by atoms with Crippen molar-refractivity contribution in [2.45, 2.75) is 118 Å². The maximum Gasteiger partial charge on any atom is 0.135 e. The van der Waals surface area contributed by atoms with Gasteiger partial charge < -0.3 is 14.0 Å². The van der Waals surface area contributed by atoms with Crippen LogP contribution in [-0.4, -0.2) is 11.8 Å². The lowest BCUT2D eigenvalue weighted by Gasteiger charge is -2.31. The minimum atomic E-state index is -3.65. The average molecular weight is 362 g/mol. The van der Waals surface area contributed by atoms with E-state index in [2.05, 4.69) is 20.8 Å². The quantitative estimate of drug-likeness (QED) is 0.271. The van der Waals surface area contributed by atoms with Crippen molar-refractivity contribution in [1.82, 2.24) is 0 Å². The molecule has 0 amide bonds. The summed E-state index contributed by atoms with van der Waals surface area (Å²) in [5.74, 6) is 0. The van der Waals surface area contributed by atoms with Gasteiger partial charge in [-0.2, -0.15) is 0 Å². The van der Waals surface area contributed by atoms with Crippen LogP contribution in [-0.2, 0) is 9.09 Å². The first kappa shape index (κ1) is 24.1. The standard InChI is InChI=1S/C20H43O3P/c1-19(2,3)17-15-13-11-9-7-8-10-12-14-16-18-24(21,22)23-20(4,5)6/h7-18H2,1-6H3,(H,21,22)/p-1. The van der Waals surface area contributed by atoms with Crippen LogP contribution in [0.5, 0.6) is 0 Å². The van der Waals surface area contributed by atoms with E-state index in [9.17, 15) is 9.46 Å². The molecule has 0 spiro atoms.